The molecule has 7 nitrogen and oxygen atoms in total. The van der Waals surface area contributed by atoms with E-state index in [9.17, 15) is 9.59 Å². The number of benzene rings is 2. The summed E-state index contributed by atoms with van der Waals surface area (Å²) in [5.41, 5.74) is 1.74. The lowest BCUT2D eigenvalue weighted by Gasteiger charge is -2.13. The average Bonchev–Trinajstić information content (AvgIpc) is 2.66. The van der Waals surface area contributed by atoms with E-state index in [0.29, 0.717) is 35.0 Å². The van der Waals surface area contributed by atoms with Crippen molar-refractivity contribution in [3.05, 3.63) is 48.0 Å². The SMILES string of the molecule is CCNC(=O)c1cccc(NCC(=O)Nc2cc(OC)ccc2OC)c1. The summed E-state index contributed by atoms with van der Waals surface area (Å²) in [5.74, 6) is 0.753. The summed E-state index contributed by atoms with van der Waals surface area (Å²) in [5, 5.41) is 8.52. The first-order valence-electron chi connectivity index (χ1n) is 8.21. The van der Waals surface area contributed by atoms with Crippen molar-refractivity contribution in [2.75, 3.05) is 37.9 Å². The van der Waals surface area contributed by atoms with Crippen LogP contribution in [0.1, 0.15) is 17.3 Å². The summed E-state index contributed by atoms with van der Waals surface area (Å²) >= 11 is 0. The van der Waals surface area contributed by atoms with Crippen molar-refractivity contribution in [3.63, 3.8) is 0 Å². The number of hydrogen-bond donors (Lipinski definition) is 3. The van der Waals surface area contributed by atoms with E-state index in [2.05, 4.69) is 16.0 Å². The molecular weight excluding hydrogens is 334 g/mol. The van der Waals surface area contributed by atoms with E-state index in [1.165, 1.54) is 7.11 Å². The van der Waals surface area contributed by atoms with Crippen LogP contribution in [-0.2, 0) is 4.79 Å². The van der Waals surface area contributed by atoms with Crippen LogP contribution in [0, 0.1) is 0 Å². The van der Waals surface area contributed by atoms with Gasteiger partial charge >= 0.3 is 0 Å². The molecule has 0 heterocycles. The molecule has 26 heavy (non-hydrogen) atoms. The minimum Gasteiger partial charge on any atom is -0.497 e. The van der Waals surface area contributed by atoms with Crippen LogP contribution >= 0.6 is 0 Å². The molecule has 0 radical (unpaired) electrons. The van der Waals surface area contributed by atoms with Crippen LogP contribution in [0.3, 0.4) is 0 Å². The maximum absolute atomic E-state index is 12.2. The van der Waals surface area contributed by atoms with E-state index in [4.69, 9.17) is 9.47 Å². The second kappa shape index (κ2) is 9.31. The third kappa shape index (κ3) is 5.14. The Kier molecular flexibility index (Phi) is 6.84. The van der Waals surface area contributed by atoms with Crippen LogP contribution in [0.5, 0.6) is 11.5 Å². The molecule has 0 saturated carbocycles. The molecule has 2 rings (SSSR count). The third-order valence-electron chi connectivity index (χ3n) is 3.60. The lowest BCUT2D eigenvalue weighted by atomic mass is 10.2. The lowest BCUT2D eigenvalue weighted by molar-refractivity contribution is -0.114. The fraction of sp³-hybridized carbons (Fsp3) is 0.263. The normalized spacial score (nSPS) is 9.96. The molecule has 2 amide bonds. The van der Waals surface area contributed by atoms with E-state index in [-0.39, 0.29) is 18.4 Å². The van der Waals surface area contributed by atoms with Crippen LogP contribution in [0.25, 0.3) is 0 Å². The van der Waals surface area contributed by atoms with Crippen molar-refractivity contribution in [2.24, 2.45) is 0 Å². The highest BCUT2D eigenvalue weighted by atomic mass is 16.5. The highest BCUT2D eigenvalue weighted by Crippen LogP contribution is 2.28. The van der Waals surface area contributed by atoms with Gasteiger partial charge in [-0.2, -0.15) is 0 Å². The maximum Gasteiger partial charge on any atom is 0.251 e. The maximum atomic E-state index is 12.2. The van der Waals surface area contributed by atoms with Gasteiger partial charge in [0.25, 0.3) is 5.91 Å². The Labute approximate surface area is 152 Å². The smallest absolute Gasteiger partial charge is 0.251 e. The summed E-state index contributed by atoms with van der Waals surface area (Å²) in [4.78, 5) is 24.1. The number of rotatable bonds is 8. The molecule has 0 aromatic heterocycles. The first kappa shape index (κ1) is 19.1. The molecule has 0 saturated heterocycles. The lowest BCUT2D eigenvalue weighted by Crippen LogP contribution is -2.24. The van der Waals surface area contributed by atoms with Crippen molar-refractivity contribution in [1.29, 1.82) is 0 Å². The van der Waals surface area contributed by atoms with Gasteiger partial charge in [0.2, 0.25) is 5.91 Å². The molecule has 3 N–H and O–H groups in total. The van der Waals surface area contributed by atoms with Crippen molar-refractivity contribution < 1.29 is 19.1 Å². The largest absolute Gasteiger partial charge is 0.497 e. The van der Waals surface area contributed by atoms with Crippen molar-refractivity contribution in [3.8, 4) is 11.5 Å². The third-order valence-corrected chi connectivity index (χ3v) is 3.60. The number of ether oxygens (including phenoxy) is 2. The number of carbonyl (C=O) groups is 2. The van der Waals surface area contributed by atoms with E-state index in [0.717, 1.165) is 0 Å². The van der Waals surface area contributed by atoms with Crippen molar-refractivity contribution >= 4 is 23.2 Å². The van der Waals surface area contributed by atoms with E-state index >= 15 is 0 Å². The average molecular weight is 357 g/mol. The molecule has 138 valence electrons. The van der Waals surface area contributed by atoms with Gasteiger partial charge in [0.1, 0.15) is 11.5 Å². The number of methoxy groups -OCH3 is 2. The quantitative estimate of drug-likeness (QED) is 0.675. The predicted octanol–water partition coefficient (Wildman–Crippen LogP) is 2.50. The Morgan fingerprint density at radius 2 is 1.85 bits per heavy atom. The van der Waals surface area contributed by atoms with Crippen LogP contribution in [0.15, 0.2) is 42.5 Å². The van der Waals surface area contributed by atoms with Gasteiger partial charge in [0, 0.05) is 23.9 Å². The Balaban J connectivity index is 1.99. The standard InChI is InChI=1S/C19H23N3O4/c1-4-20-19(24)13-6-5-7-14(10-13)21-12-18(23)22-16-11-15(25-2)8-9-17(16)26-3/h5-11,21H,4,12H2,1-3H3,(H,20,24)(H,22,23). The minimum absolute atomic E-state index is 0.0409. The molecule has 7 heteroatoms. The Bertz CT molecular complexity index is 777. The number of carbonyl (C=O) groups excluding carboxylic acids is 2. The first-order chi connectivity index (χ1) is 12.6. The predicted molar refractivity (Wildman–Crippen MR) is 101 cm³/mol. The van der Waals surface area contributed by atoms with E-state index in [1.54, 1.807) is 49.6 Å². The first-order valence-corrected chi connectivity index (χ1v) is 8.21. The summed E-state index contributed by atoms with van der Waals surface area (Å²) < 4.78 is 10.4. The fourth-order valence-corrected chi connectivity index (χ4v) is 2.32. The Morgan fingerprint density at radius 3 is 2.54 bits per heavy atom. The second-order valence-electron chi connectivity index (χ2n) is 5.41. The van der Waals surface area contributed by atoms with Crippen LogP contribution in [0.2, 0.25) is 0 Å². The Hall–Kier alpha value is -3.22. The van der Waals surface area contributed by atoms with Gasteiger partial charge in [0.05, 0.1) is 26.5 Å². The topological polar surface area (TPSA) is 88.7 Å². The van der Waals surface area contributed by atoms with E-state index < -0.39 is 0 Å². The number of amides is 2. The van der Waals surface area contributed by atoms with Gasteiger partial charge < -0.3 is 25.4 Å². The number of hydrogen-bond acceptors (Lipinski definition) is 5. The molecule has 0 aliphatic carbocycles. The van der Waals surface area contributed by atoms with Gasteiger partial charge in [-0.3, -0.25) is 9.59 Å². The van der Waals surface area contributed by atoms with Gasteiger partial charge in [-0.05, 0) is 37.3 Å². The van der Waals surface area contributed by atoms with E-state index in [1.807, 2.05) is 6.92 Å². The molecule has 2 aromatic rings. The van der Waals surface area contributed by atoms with Crippen molar-refractivity contribution in [2.45, 2.75) is 6.92 Å². The molecule has 0 atom stereocenters. The molecule has 0 bridgehead atoms. The van der Waals surface area contributed by atoms with Gasteiger partial charge in [0.15, 0.2) is 0 Å². The Morgan fingerprint density at radius 1 is 1.04 bits per heavy atom. The zero-order valence-electron chi connectivity index (χ0n) is 15.1. The molecule has 0 aliphatic rings. The molecule has 0 unspecified atom stereocenters. The second-order valence-corrected chi connectivity index (χ2v) is 5.41. The molecule has 0 fully saturated rings. The zero-order chi connectivity index (χ0) is 18.9. The van der Waals surface area contributed by atoms with Crippen molar-refractivity contribution in [1.82, 2.24) is 5.32 Å². The summed E-state index contributed by atoms with van der Waals surface area (Å²) in [6, 6.07) is 12.1. The highest BCUT2D eigenvalue weighted by Gasteiger charge is 2.10. The minimum atomic E-state index is -0.250. The summed E-state index contributed by atoms with van der Waals surface area (Å²) in [7, 11) is 3.08. The fourth-order valence-electron chi connectivity index (χ4n) is 2.32. The van der Waals surface area contributed by atoms with Gasteiger partial charge in [-0.25, -0.2) is 0 Å². The number of nitrogens with one attached hydrogen (secondary N) is 3. The summed E-state index contributed by atoms with van der Waals surface area (Å²) in [6.07, 6.45) is 0. The number of anilines is 2. The summed E-state index contributed by atoms with van der Waals surface area (Å²) in [6.45, 7) is 2.46. The zero-order valence-corrected chi connectivity index (χ0v) is 15.1. The van der Waals surface area contributed by atoms with Crippen LogP contribution < -0.4 is 25.4 Å². The molecule has 2 aromatic carbocycles. The highest BCUT2D eigenvalue weighted by molar-refractivity contribution is 5.96. The van der Waals surface area contributed by atoms with Crippen LogP contribution in [-0.4, -0.2) is 39.1 Å². The molecule has 0 aliphatic heterocycles. The van der Waals surface area contributed by atoms with Gasteiger partial charge in [-0.15, -0.1) is 0 Å². The van der Waals surface area contributed by atoms with Gasteiger partial charge in [-0.1, -0.05) is 6.07 Å². The molecular formula is C19H23N3O4. The van der Waals surface area contributed by atoms with Crippen LogP contribution in [0.4, 0.5) is 11.4 Å². The molecule has 0 spiro atoms. The monoisotopic (exact) mass is 357 g/mol.